The van der Waals surface area contributed by atoms with Gasteiger partial charge in [0.25, 0.3) is 0 Å². The highest BCUT2D eigenvalue weighted by Gasteiger charge is 2.30. The largest absolute Gasteiger partial charge is 0.370 e. The molecule has 4 nitrogen and oxygen atoms in total. The monoisotopic (exact) mass is 262 g/mol. The van der Waals surface area contributed by atoms with Crippen LogP contribution in [0.4, 0.5) is 0 Å². The Labute approximate surface area is 114 Å². The summed E-state index contributed by atoms with van der Waals surface area (Å²) in [7, 11) is 0. The van der Waals surface area contributed by atoms with Crippen LogP contribution in [0, 0.1) is 6.92 Å². The van der Waals surface area contributed by atoms with Gasteiger partial charge < -0.3 is 15.4 Å². The minimum Gasteiger partial charge on any atom is -0.370 e. The van der Waals surface area contributed by atoms with Crippen LogP contribution in [0.3, 0.4) is 0 Å². The molecule has 1 aliphatic rings. The predicted molar refractivity (Wildman–Crippen MR) is 74.7 cm³/mol. The number of carbonyl (C=O) groups is 1. The highest BCUT2D eigenvalue weighted by molar-refractivity contribution is 5.76. The first-order valence-electron chi connectivity index (χ1n) is 6.80. The molecule has 1 aromatic rings. The summed E-state index contributed by atoms with van der Waals surface area (Å²) in [6, 6.07) is 8.29. The molecule has 4 heteroatoms. The molecule has 104 valence electrons. The Hall–Kier alpha value is -1.39. The molecule has 1 saturated heterocycles. The van der Waals surface area contributed by atoms with Crippen molar-refractivity contribution >= 4 is 5.91 Å². The molecule has 0 bridgehead atoms. The Morgan fingerprint density at radius 3 is 2.89 bits per heavy atom. The van der Waals surface area contributed by atoms with E-state index in [9.17, 15) is 4.79 Å². The average Bonchev–Trinajstić information content (AvgIpc) is 2.40. The molecule has 0 unspecified atom stereocenters. The van der Waals surface area contributed by atoms with Crippen LogP contribution in [0.25, 0.3) is 0 Å². The van der Waals surface area contributed by atoms with Gasteiger partial charge in [0.05, 0.1) is 19.2 Å². The third-order valence-electron chi connectivity index (χ3n) is 3.65. The topological polar surface area (TPSA) is 55.6 Å². The lowest BCUT2D eigenvalue weighted by molar-refractivity contribution is -0.144. The lowest BCUT2D eigenvalue weighted by atomic mass is 10.0. The van der Waals surface area contributed by atoms with Gasteiger partial charge in [-0.15, -0.1) is 0 Å². The van der Waals surface area contributed by atoms with E-state index >= 15 is 0 Å². The number of hydrogen-bond acceptors (Lipinski definition) is 3. The Kier molecular flexibility index (Phi) is 4.56. The Morgan fingerprint density at radius 2 is 2.21 bits per heavy atom. The summed E-state index contributed by atoms with van der Waals surface area (Å²) in [6.45, 7) is 5.68. The Morgan fingerprint density at radius 1 is 1.47 bits per heavy atom. The first-order chi connectivity index (χ1) is 9.13. The van der Waals surface area contributed by atoms with Gasteiger partial charge in [0.1, 0.15) is 6.10 Å². The lowest BCUT2D eigenvalue weighted by Gasteiger charge is -2.38. The number of nitrogens with two attached hydrogens (primary N) is 1. The van der Waals surface area contributed by atoms with E-state index in [1.54, 1.807) is 0 Å². The van der Waals surface area contributed by atoms with E-state index < -0.39 is 0 Å². The van der Waals surface area contributed by atoms with Crippen LogP contribution in [0.2, 0.25) is 0 Å². The van der Waals surface area contributed by atoms with Gasteiger partial charge >= 0.3 is 0 Å². The van der Waals surface area contributed by atoms with Crippen LogP contribution in [0.15, 0.2) is 24.3 Å². The smallest absolute Gasteiger partial charge is 0.224 e. The van der Waals surface area contributed by atoms with E-state index in [2.05, 4.69) is 19.1 Å². The average molecular weight is 262 g/mol. The van der Waals surface area contributed by atoms with E-state index in [0.717, 1.165) is 0 Å². The molecule has 1 heterocycles. The number of morpholine rings is 1. The van der Waals surface area contributed by atoms with Gasteiger partial charge in [0, 0.05) is 13.0 Å². The van der Waals surface area contributed by atoms with Gasteiger partial charge in [-0.1, -0.05) is 24.3 Å². The molecule has 0 saturated carbocycles. The summed E-state index contributed by atoms with van der Waals surface area (Å²) in [5.41, 5.74) is 7.84. The maximum Gasteiger partial charge on any atom is 0.224 e. The minimum atomic E-state index is -0.0286. The van der Waals surface area contributed by atoms with Crippen molar-refractivity contribution < 1.29 is 9.53 Å². The van der Waals surface area contributed by atoms with E-state index in [1.165, 1.54) is 11.1 Å². The number of rotatable bonds is 3. The number of carbonyl (C=O) groups excluding carboxylic acids is 1. The number of ether oxygens (including phenoxy) is 1. The zero-order valence-corrected chi connectivity index (χ0v) is 11.6. The third kappa shape index (κ3) is 3.14. The second kappa shape index (κ2) is 6.17. The van der Waals surface area contributed by atoms with Crippen molar-refractivity contribution in [1.82, 2.24) is 4.90 Å². The van der Waals surface area contributed by atoms with Gasteiger partial charge in [0.2, 0.25) is 5.91 Å². The Balaban J connectivity index is 2.13. The minimum absolute atomic E-state index is 0.0286. The van der Waals surface area contributed by atoms with Gasteiger partial charge in [0.15, 0.2) is 0 Å². The van der Waals surface area contributed by atoms with Gasteiger partial charge in [-0.3, -0.25) is 4.79 Å². The summed E-state index contributed by atoms with van der Waals surface area (Å²) < 4.78 is 5.89. The van der Waals surface area contributed by atoms with Crippen molar-refractivity contribution in [3.05, 3.63) is 35.4 Å². The van der Waals surface area contributed by atoms with Crippen LogP contribution in [-0.2, 0) is 9.53 Å². The van der Waals surface area contributed by atoms with E-state index in [0.29, 0.717) is 26.1 Å². The van der Waals surface area contributed by atoms with Crippen molar-refractivity contribution in [2.24, 2.45) is 5.73 Å². The summed E-state index contributed by atoms with van der Waals surface area (Å²) in [4.78, 5) is 14.0. The van der Waals surface area contributed by atoms with E-state index in [-0.39, 0.29) is 18.1 Å². The molecular weight excluding hydrogens is 240 g/mol. The zero-order chi connectivity index (χ0) is 13.8. The normalized spacial score (nSPS) is 23.4. The van der Waals surface area contributed by atoms with Crippen molar-refractivity contribution in [2.45, 2.75) is 32.4 Å². The fourth-order valence-electron chi connectivity index (χ4n) is 2.51. The molecule has 2 rings (SSSR count). The van der Waals surface area contributed by atoms with Crippen molar-refractivity contribution in [3.8, 4) is 0 Å². The first-order valence-corrected chi connectivity index (χ1v) is 6.80. The zero-order valence-electron chi connectivity index (χ0n) is 11.6. The summed E-state index contributed by atoms with van der Waals surface area (Å²) in [6.07, 6.45) is 0.379. The highest BCUT2D eigenvalue weighted by atomic mass is 16.5. The van der Waals surface area contributed by atoms with Gasteiger partial charge in [-0.25, -0.2) is 0 Å². The molecule has 0 aromatic heterocycles. The molecule has 2 N–H and O–H groups in total. The van der Waals surface area contributed by atoms with Gasteiger partial charge in [-0.2, -0.15) is 0 Å². The molecule has 1 aliphatic heterocycles. The first kappa shape index (κ1) is 14.0. The second-order valence-electron chi connectivity index (χ2n) is 5.11. The SMILES string of the molecule is Cc1ccccc1[C@H]1CN(C(=O)CCN)[C@H](C)CO1. The molecule has 1 aromatic carbocycles. The summed E-state index contributed by atoms with van der Waals surface area (Å²) in [5, 5.41) is 0. The van der Waals surface area contributed by atoms with Crippen LogP contribution >= 0.6 is 0 Å². The standard InChI is InChI=1S/C15H22N2O2/c1-11-5-3-4-6-13(11)14-9-17(12(2)10-19-14)15(18)7-8-16/h3-6,12,14H,7-10,16H2,1-2H3/t12-,14-/m1/s1. The number of nitrogens with zero attached hydrogens (tertiary/aromatic N) is 1. The molecular formula is C15H22N2O2. The lowest BCUT2D eigenvalue weighted by Crippen LogP contribution is -2.48. The van der Waals surface area contributed by atoms with Crippen LogP contribution in [-0.4, -0.2) is 36.5 Å². The predicted octanol–water partition coefficient (Wildman–Crippen LogP) is 1.63. The van der Waals surface area contributed by atoms with Gasteiger partial charge in [-0.05, 0) is 25.0 Å². The number of benzene rings is 1. The van der Waals surface area contributed by atoms with E-state index in [4.69, 9.17) is 10.5 Å². The number of hydrogen-bond donors (Lipinski definition) is 1. The van der Waals surface area contributed by atoms with Crippen molar-refractivity contribution in [3.63, 3.8) is 0 Å². The highest BCUT2D eigenvalue weighted by Crippen LogP contribution is 2.27. The number of aryl methyl sites for hydroxylation is 1. The second-order valence-corrected chi connectivity index (χ2v) is 5.11. The van der Waals surface area contributed by atoms with Crippen LogP contribution < -0.4 is 5.73 Å². The molecule has 1 amide bonds. The fourth-order valence-corrected chi connectivity index (χ4v) is 2.51. The Bertz CT molecular complexity index is 448. The third-order valence-corrected chi connectivity index (χ3v) is 3.65. The molecule has 1 fully saturated rings. The summed E-state index contributed by atoms with van der Waals surface area (Å²) in [5.74, 6) is 0.122. The quantitative estimate of drug-likeness (QED) is 0.901. The van der Waals surface area contributed by atoms with Crippen LogP contribution in [0.5, 0.6) is 0 Å². The number of amides is 1. The maximum absolute atomic E-state index is 12.1. The molecule has 0 spiro atoms. The molecule has 19 heavy (non-hydrogen) atoms. The van der Waals surface area contributed by atoms with Crippen molar-refractivity contribution in [1.29, 1.82) is 0 Å². The van der Waals surface area contributed by atoms with E-state index in [1.807, 2.05) is 24.0 Å². The molecule has 0 radical (unpaired) electrons. The summed E-state index contributed by atoms with van der Waals surface area (Å²) >= 11 is 0. The van der Waals surface area contributed by atoms with Crippen LogP contribution in [0.1, 0.15) is 30.6 Å². The molecule has 2 atom stereocenters. The fraction of sp³-hybridized carbons (Fsp3) is 0.533. The molecule has 0 aliphatic carbocycles. The maximum atomic E-state index is 12.1. The van der Waals surface area contributed by atoms with Crippen molar-refractivity contribution in [2.75, 3.05) is 19.7 Å².